The zero-order valence-corrected chi connectivity index (χ0v) is 16.8. The summed E-state index contributed by atoms with van der Waals surface area (Å²) in [7, 11) is 0. The van der Waals surface area contributed by atoms with Crippen molar-refractivity contribution < 1.29 is 18.3 Å². The number of benzene rings is 2. The molecule has 4 rings (SSSR count). The van der Waals surface area contributed by atoms with Crippen LogP contribution in [0.4, 0.5) is 8.78 Å². The number of hydrogen-bond acceptors (Lipinski definition) is 4. The predicted molar refractivity (Wildman–Crippen MR) is 113 cm³/mol. The molecule has 7 heteroatoms. The Morgan fingerprint density at radius 3 is 2.37 bits per heavy atom. The van der Waals surface area contributed by atoms with E-state index >= 15 is 0 Å². The van der Waals surface area contributed by atoms with Gasteiger partial charge in [-0.05, 0) is 30.7 Å². The Balaban J connectivity index is 1.98. The molecule has 0 unspecified atom stereocenters. The van der Waals surface area contributed by atoms with Gasteiger partial charge in [-0.25, -0.2) is 13.6 Å². The van der Waals surface area contributed by atoms with Gasteiger partial charge in [-0.3, -0.25) is 9.36 Å². The van der Waals surface area contributed by atoms with E-state index in [1.165, 1.54) is 16.7 Å². The van der Waals surface area contributed by atoms with Crippen LogP contribution in [0.1, 0.15) is 22.2 Å². The molecule has 152 valence electrons. The summed E-state index contributed by atoms with van der Waals surface area (Å²) in [5.74, 6) is -1.97. The van der Waals surface area contributed by atoms with Gasteiger partial charge in [-0.1, -0.05) is 36.4 Å². The van der Waals surface area contributed by atoms with Gasteiger partial charge in [-0.15, -0.1) is 11.3 Å². The van der Waals surface area contributed by atoms with Gasteiger partial charge < -0.3 is 4.74 Å². The minimum Gasteiger partial charge on any atom is -0.462 e. The lowest BCUT2D eigenvalue weighted by molar-refractivity contribution is 0.0533. The van der Waals surface area contributed by atoms with Crippen LogP contribution in [0.3, 0.4) is 0 Å². The molecule has 2 aromatic carbocycles. The number of thiophene rings is 1. The number of halogens is 2. The summed E-state index contributed by atoms with van der Waals surface area (Å²) in [6.07, 6.45) is 0. The third kappa shape index (κ3) is 3.52. The molecule has 0 amide bonds. The average Bonchev–Trinajstić information content (AvgIpc) is 3.13. The van der Waals surface area contributed by atoms with E-state index in [-0.39, 0.29) is 18.7 Å². The first-order valence-electron chi connectivity index (χ1n) is 9.33. The van der Waals surface area contributed by atoms with Crippen molar-refractivity contribution in [3.63, 3.8) is 0 Å². The van der Waals surface area contributed by atoms with Gasteiger partial charge in [0.05, 0.1) is 13.2 Å². The lowest BCUT2D eigenvalue weighted by atomic mass is 10.0. The molecule has 0 radical (unpaired) electrons. The first-order valence-corrected chi connectivity index (χ1v) is 10.1. The molecule has 0 aliphatic rings. The molecule has 0 fully saturated rings. The van der Waals surface area contributed by atoms with E-state index < -0.39 is 23.2 Å². The molecule has 0 saturated heterocycles. The fourth-order valence-corrected chi connectivity index (χ4v) is 4.56. The van der Waals surface area contributed by atoms with E-state index in [4.69, 9.17) is 4.74 Å². The Hall–Kier alpha value is -3.32. The number of ether oxygens (including phenoxy) is 1. The molecule has 0 aliphatic heterocycles. The molecular weight excluding hydrogens is 408 g/mol. The van der Waals surface area contributed by atoms with Crippen molar-refractivity contribution in [1.82, 2.24) is 4.57 Å². The van der Waals surface area contributed by atoms with Crippen LogP contribution < -0.4 is 5.56 Å². The summed E-state index contributed by atoms with van der Waals surface area (Å²) >= 11 is 1.08. The van der Waals surface area contributed by atoms with E-state index in [9.17, 15) is 18.4 Å². The van der Waals surface area contributed by atoms with E-state index in [1.54, 1.807) is 13.0 Å². The summed E-state index contributed by atoms with van der Waals surface area (Å²) in [5.41, 5.74) is 0.798. The Bertz CT molecular complexity index is 1280. The maximum absolute atomic E-state index is 14.2. The maximum Gasteiger partial charge on any atom is 0.349 e. The molecule has 2 heterocycles. The van der Waals surface area contributed by atoms with Crippen molar-refractivity contribution in [3.05, 3.63) is 93.1 Å². The van der Waals surface area contributed by atoms with Crippen molar-refractivity contribution in [3.8, 4) is 11.1 Å². The first-order chi connectivity index (χ1) is 14.5. The van der Waals surface area contributed by atoms with Crippen LogP contribution in [-0.4, -0.2) is 17.1 Å². The molecule has 0 atom stereocenters. The fraction of sp³-hybridized carbons (Fsp3) is 0.130. The molecule has 0 spiro atoms. The Morgan fingerprint density at radius 1 is 1.00 bits per heavy atom. The molecule has 0 saturated carbocycles. The largest absolute Gasteiger partial charge is 0.462 e. The van der Waals surface area contributed by atoms with Gasteiger partial charge in [0.15, 0.2) is 0 Å². The van der Waals surface area contributed by atoms with Crippen LogP contribution in [-0.2, 0) is 11.3 Å². The van der Waals surface area contributed by atoms with Crippen LogP contribution in [0.15, 0.2) is 65.5 Å². The van der Waals surface area contributed by atoms with E-state index in [0.29, 0.717) is 20.7 Å². The molecule has 30 heavy (non-hydrogen) atoms. The molecule has 0 bridgehead atoms. The number of fused-ring (bicyclic) bond motifs is 1. The van der Waals surface area contributed by atoms with Crippen molar-refractivity contribution in [2.24, 2.45) is 0 Å². The van der Waals surface area contributed by atoms with Gasteiger partial charge >= 0.3 is 5.97 Å². The van der Waals surface area contributed by atoms with E-state index in [1.807, 2.05) is 30.3 Å². The minimum absolute atomic E-state index is 0.203. The van der Waals surface area contributed by atoms with Gasteiger partial charge in [0.2, 0.25) is 0 Å². The Labute approximate surface area is 175 Å². The highest BCUT2D eigenvalue weighted by molar-refractivity contribution is 7.21. The summed E-state index contributed by atoms with van der Waals surface area (Å²) in [6, 6.07) is 15.8. The number of esters is 1. The van der Waals surface area contributed by atoms with Gasteiger partial charge in [0.25, 0.3) is 5.56 Å². The maximum atomic E-state index is 14.2. The highest BCUT2D eigenvalue weighted by Crippen LogP contribution is 2.39. The van der Waals surface area contributed by atoms with Crippen LogP contribution in [0.25, 0.3) is 21.3 Å². The van der Waals surface area contributed by atoms with Crippen molar-refractivity contribution in [2.45, 2.75) is 13.5 Å². The van der Waals surface area contributed by atoms with Crippen molar-refractivity contribution >= 4 is 27.5 Å². The molecule has 0 N–H and O–H groups in total. The monoisotopic (exact) mass is 425 g/mol. The smallest absolute Gasteiger partial charge is 0.349 e. The van der Waals surface area contributed by atoms with Gasteiger partial charge in [0.1, 0.15) is 21.3 Å². The third-order valence-electron chi connectivity index (χ3n) is 4.73. The fourth-order valence-electron chi connectivity index (χ4n) is 3.35. The zero-order valence-electron chi connectivity index (χ0n) is 16.0. The summed E-state index contributed by atoms with van der Waals surface area (Å²) in [4.78, 5) is 26.1. The third-order valence-corrected chi connectivity index (χ3v) is 5.94. The number of carbonyl (C=O) groups excluding carboxylic acids is 1. The topological polar surface area (TPSA) is 48.3 Å². The lowest BCUT2D eigenvalue weighted by Gasteiger charge is -2.09. The Morgan fingerprint density at radius 2 is 1.70 bits per heavy atom. The van der Waals surface area contributed by atoms with Gasteiger partial charge in [0, 0.05) is 22.6 Å². The number of pyridine rings is 1. The number of carbonyl (C=O) groups is 1. The Kier molecular flexibility index (Phi) is 5.46. The highest BCUT2D eigenvalue weighted by Gasteiger charge is 2.23. The number of nitrogens with zero attached hydrogens (tertiary/aromatic N) is 1. The lowest BCUT2D eigenvalue weighted by Crippen LogP contribution is -2.20. The van der Waals surface area contributed by atoms with Crippen LogP contribution >= 0.6 is 11.3 Å². The quantitative estimate of drug-likeness (QED) is 0.411. The van der Waals surface area contributed by atoms with Crippen LogP contribution in [0, 0.1) is 11.6 Å². The molecule has 4 nitrogen and oxygen atoms in total. The van der Waals surface area contributed by atoms with Crippen molar-refractivity contribution in [2.75, 3.05) is 6.61 Å². The van der Waals surface area contributed by atoms with Crippen LogP contribution in [0.5, 0.6) is 0 Å². The van der Waals surface area contributed by atoms with E-state index in [0.717, 1.165) is 29.0 Å². The summed E-state index contributed by atoms with van der Waals surface area (Å²) in [6.45, 7) is 1.63. The van der Waals surface area contributed by atoms with Crippen molar-refractivity contribution in [1.29, 1.82) is 0 Å². The molecule has 4 aromatic rings. The molecule has 0 aliphatic carbocycles. The zero-order chi connectivity index (χ0) is 21.3. The molecular formula is C23H17F2NO3S. The minimum atomic E-state index is -0.732. The van der Waals surface area contributed by atoms with Gasteiger partial charge in [-0.2, -0.15) is 0 Å². The second-order valence-electron chi connectivity index (χ2n) is 6.57. The van der Waals surface area contributed by atoms with E-state index in [2.05, 4.69) is 0 Å². The van der Waals surface area contributed by atoms with Crippen LogP contribution in [0.2, 0.25) is 0 Å². The normalized spacial score (nSPS) is 11.0. The second-order valence-corrected chi connectivity index (χ2v) is 7.57. The number of rotatable bonds is 5. The second kappa shape index (κ2) is 8.20. The predicted octanol–water partition coefficient (Wildman–Crippen LogP) is 5.23. The summed E-state index contributed by atoms with van der Waals surface area (Å²) < 4.78 is 34.9. The standard InChI is InChI=1S/C23H17F2NO3S/c1-2-29-23(28)21-20(14-7-4-3-5-8-14)15-11-12-19(27)26(22(15)30-21)13-16-17(24)9-6-10-18(16)25/h3-12H,2,13H2,1H3. The number of aromatic nitrogens is 1. The highest BCUT2D eigenvalue weighted by atomic mass is 32.1. The molecule has 2 aromatic heterocycles. The first kappa shape index (κ1) is 20.0. The number of hydrogen-bond donors (Lipinski definition) is 0. The average molecular weight is 425 g/mol. The summed E-state index contributed by atoms with van der Waals surface area (Å²) in [5, 5.41) is 0.644. The SMILES string of the molecule is CCOC(=O)c1sc2c(ccc(=O)n2Cc2c(F)cccc2F)c1-c1ccccc1.